The van der Waals surface area contributed by atoms with E-state index in [2.05, 4.69) is 15.8 Å². The van der Waals surface area contributed by atoms with E-state index in [0.717, 1.165) is 11.1 Å². The molecule has 2 amide bonds. The molecule has 2 aromatic rings. The van der Waals surface area contributed by atoms with Crippen molar-refractivity contribution in [2.75, 3.05) is 5.32 Å². The Bertz CT molecular complexity index is 720. The smallest absolute Gasteiger partial charge is 0.247 e. The van der Waals surface area contributed by atoms with E-state index in [1.54, 1.807) is 19.9 Å². The van der Waals surface area contributed by atoms with Crippen molar-refractivity contribution in [3.63, 3.8) is 0 Å². The fourth-order valence-electron chi connectivity index (χ4n) is 1.96. The van der Waals surface area contributed by atoms with Gasteiger partial charge in [-0.3, -0.25) is 9.59 Å². The van der Waals surface area contributed by atoms with E-state index in [4.69, 9.17) is 4.52 Å². The minimum absolute atomic E-state index is 0.324. The van der Waals surface area contributed by atoms with Crippen LogP contribution in [0.2, 0.25) is 0 Å². The number of aryl methyl sites for hydroxylation is 1. The molecule has 0 spiro atoms. The monoisotopic (exact) mass is 313 g/mol. The summed E-state index contributed by atoms with van der Waals surface area (Å²) < 4.78 is 4.87. The number of benzene rings is 1. The third kappa shape index (κ3) is 4.81. The molecule has 1 heterocycles. The lowest BCUT2D eigenvalue weighted by molar-refractivity contribution is -0.123. The number of anilines is 1. The van der Waals surface area contributed by atoms with Crippen molar-refractivity contribution < 1.29 is 14.1 Å². The number of aromatic nitrogens is 1. The summed E-state index contributed by atoms with van der Waals surface area (Å²) in [6.07, 6.45) is 1.47. The number of hydrogen-bond donors (Lipinski definition) is 2. The number of nitrogens with one attached hydrogen (secondary N) is 2. The Morgan fingerprint density at radius 3 is 2.57 bits per heavy atom. The molecule has 6 nitrogen and oxygen atoms in total. The van der Waals surface area contributed by atoms with Gasteiger partial charge in [0.25, 0.3) is 0 Å². The highest BCUT2D eigenvalue weighted by atomic mass is 16.5. The number of hydrogen-bond acceptors (Lipinski definition) is 4. The van der Waals surface area contributed by atoms with Gasteiger partial charge in [-0.2, -0.15) is 0 Å². The quantitative estimate of drug-likeness (QED) is 0.831. The molecule has 2 rings (SSSR count). The van der Waals surface area contributed by atoms with Gasteiger partial charge in [0.1, 0.15) is 11.8 Å². The largest absolute Gasteiger partial charge is 0.360 e. The summed E-state index contributed by atoms with van der Waals surface area (Å²) in [5, 5.41) is 8.87. The predicted octanol–water partition coefficient (Wildman–Crippen LogP) is 2.53. The van der Waals surface area contributed by atoms with Crippen molar-refractivity contribution in [3.8, 4) is 0 Å². The third-order valence-corrected chi connectivity index (χ3v) is 3.21. The molecule has 1 aromatic carbocycles. The van der Waals surface area contributed by atoms with Crippen molar-refractivity contribution in [1.29, 1.82) is 0 Å². The Balaban J connectivity index is 1.92. The molecule has 0 aliphatic heterocycles. The van der Waals surface area contributed by atoms with Gasteiger partial charge in [0.15, 0.2) is 5.82 Å². The fraction of sp³-hybridized carbons (Fsp3) is 0.235. The van der Waals surface area contributed by atoms with Crippen LogP contribution < -0.4 is 10.6 Å². The minimum atomic E-state index is -0.695. The molecule has 1 atom stereocenters. The lowest BCUT2D eigenvalue weighted by atomic mass is 10.1. The van der Waals surface area contributed by atoms with Gasteiger partial charge >= 0.3 is 0 Å². The Morgan fingerprint density at radius 1 is 1.26 bits per heavy atom. The second-order valence-electron chi connectivity index (χ2n) is 5.24. The molecular formula is C17H19N3O3. The molecule has 23 heavy (non-hydrogen) atoms. The summed E-state index contributed by atoms with van der Waals surface area (Å²) in [6, 6.07) is 10.5. The van der Waals surface area contributed by atoms with Gasteiger partial charge in [-0.1, -0.05) is 35.5 Å². The number of rotatable bonds is 5. The predicted molar refractivity (Wildman–Crippen MR) is 87.6 cm³/mol. The lowest BCUT2D eigenvalue weighted by Crippen LogP contribution is -2.41. The van der Waals surface area contributed by atoms with Gasteiger partial charge in [-0.15, -0.1) is 0 Å². The molecule has 0 saturated heterocycles. The summed E-state index contributed by atoms with van der Waals surface area (Å²) in [5.41, 5.74) is 1.78. The average Bonchev–Trinajstić information content (AvgIpc) is 2.93. The van der Waals surface area contributed by atoms with E-state index in [9.17, 15) is 9.59 Å². The molecule has 0 aliphatic rings. The maximum atomic E-state index is 12.0. The fourth-order valence-corrected chi connectivity index (χ4v) is 1.96. The molecule has 6 heteroatoms. The molecule has 0 saturated carbocycles. The van der Waals surface area contributed by atoms with Gasteiger partial charge in [-0.25, -0.2) is 0 Å². The summed E-state index contributed by atoms with van der Waals surface area (Å²) >= 11 is 0. The van der Waals surface area contributed by atoms with Crippen LogP contribution >= 0.6 is 0 Å². The van der Waals surface area contributed by atoms with E-state index >= 15 is 0 Å². The van der Waals surface area contributed by atoms with E-state index in [-0.39, 0.29) is 11.8 Å². The average molecular weight is 313 g/mol. The minimum Gasteiger partial charge on any atom is -0.360 e. The van der Waals surface area contributed by atoms with Crippen LogP contribution in [0, 0.1) is 6.92 Å². The van der Waals surface area contributed by atoms with Crippen molar-refractivity contribution in [3.05, 3.63) is 53.8 Å². The van der Waals surface area contributed by atoms with Gasteiger partial charge in [0, 0.05) is 12.1 Å². The van der Waals surface area contributed by atoms with Crippen molar-refractivity contribution in [1.82, 2.24) is 10.5 Å². The van der Waals surface area contributed by atoms with E-state index in [1.807, 2.05) is 37.3 Å². The Morgan fingerprint density at radius 2 is 1.96 bits per heavy atom. The number of allylic oxidation sites excluding steroid dienone is 1. The van der Waals surface area contributed by atoms with E-state index in [0.29, 0.717) is 11.6 Å². The van der Waals surface area contributed by atoms with Crippen LogP contribution in [0.5, 0.6) is 0 Å². The van der Waals surface area contributed by atoms with Gasteiger partial charge in [-0.05, 0) is 31.9 Å². The standard InChI is InChI=1S/C17H19N3O3/c1-11(14-7-5-4-6-8-14)9-16(21)18-13(3)17(22)19-15-10-12(2)23-20-15/h4-10,13H,1-3H3,(H,18,21)(H,19,20,22)/b11-9+/t13-/m0/s1. The Kier molecular flexibility index (Phi) is 5.30. The molecule has 1 aromatic heterocycles. The van der Waals surface area contributed by atoms with Gasteiger partial charge < -0.3 is 15.2 Å². The van der Waals surface area contributed by atoms with Crippen LogP contribution in [0.3, 0.4) is 0 Å². The first-order valence-electron chi connectivity index (χ1n) is 7.24. The summed E-state index contributed by atoms with van der Waals surface area (Å²) in [7, 11) is 0. The Labute approximate surface area is 134 Å². The highest BCUT2D eigenvalue weighted by molar-refractivity contribution is 6.00. The zero-order valence-electron chi connectivity index (χ0n) is 13.3. The number of carbonyl (C=O) groups is 2. The second-order valence-corrected chi connectivity index (χ2v) is 5.24. The van der Waals surface area contributed by atoms with Crippen LogP contribution in [0.15, 0.2) is 47.0 Å². The highest BCUT2D eigenvalue weighted by Gasteiger charge is 2.16. The second kappa shape index (κ2) is 7.40. The van der Waals surface area contributed by atoms with Crippen LogP contribution in [0.4, 0.5) is 5.82 Å². The molecule has 0 radical (unpaired) electrons. The summed E-state index contributed by atoms with van der Waals surface area (Å²) in [4.78, 5) is 24.0. The zero-order chi connectivity index (χ0) is 16.8. The maximum Gasteiger partial charge on any atom is 0.247 e. The molecule has 0 aliphatic carbocycles. The highest BCUT2D eigenvalue weighted by Crippen LogP contribution is 2.12. The van der Waals surface area contributed by atoms with Crippen LogP contribution in [0.25, 0.3) is 5.57 Å². The third-order valence-electron chi connectivity index (χ3n) is 3.21. The van der Waals surface area contributed by atoms with Gasteiger partial charge in [0.2, 0.25) is 11.8 Å². The maximum absolute atomic E-state index is 12.0. The van der Waals surface area contributed by atoms with Crippen molar-refractivity contribution in [2.45, 2.75) is 26.8 Å². The topological polar surface area (TPSA) is 84.2 Å². The normalized spacial score (nSPS) is 12.6. The number of carbonyl (C=O) groups excluding carboxylic acids is 2. The van der Waals surface area contributed by atoms with E-state index in [1.165, 1.54) is 6.08 Å². The van der Waals surface area contributed by atoms with Gasteiger partial charge in [0.05, 0.1) is 0 Å². The van der Waals surface area contributed by atoms with E-state index < -0.39 is 6.04 Å². The van der Waals surface area contributed by atoms with Crippen LogP contribution in [-0.2, 0) is 9.59 Å². The first-order chi connectivity index (χ1) is 11.0. The molecule has 0 unspecified atom stereocenters. The number of amides is 2. The lowest BCUT2D eigenvalue weighted by Gasteiger charge is -2.11. The summed E-state index contributed by atoms with van der Waals surface area (Å²) in [6.45, 7) is 5.18. The van der Waals surface area contributed by atoms with Crippen LogP contribution in [-0.4, -0.2) is 23.0 Å². The molecular weight excluding hydrogens is 294 g/mol. The number of nitrogens with zero attached hydrogens (tertiary/aromatic N) is 1. The zero-order valence-corrected chi connectivity index (χ0v) is 13.3. The molecule has 120 valence electrons. The van der Waals surface area contributed by atoms with Crippen LogP contribution in [0.1, 0.15) is 25.2 Å². The SMILES string of the molecule is C/C(=C\C(=O)N[C@@H](C)C(=O)Nc1cc(C)on1)c1ccccc1. The van der Waals surface area contributed by atoms with Crippen molar-refractivity contribution >= 4 is 23.2 Å². The summed E-state index contributed by atoms with van der Waals surface area (Å²) in [5.74, 6) is 0.228. The molecule has 0 fully saturated rings. The Hall–Kier alpha value is -2.89. The molecule has 0 bridgehead atoms. The molecule has 2 N–H and O–H groups in total. The van der Waals surface area contributed by atoms with Crippen molar-refractivity contribution in [2.24, 2.45) is 0 Å². The first kappa shape index (κ1) is 16.5. The first-order valence-corrected chi connectivity index (χ1v) is 7.24.